The summed E-state index contributed by atoms with van der Waals surface area (Å²) in [6.07, 6.45) is 3.44. The number of pyridine rings is 1. The van der Waals surface area contributed by atoms with Gasteiger partial charge in [0.1, 0.15) is 5.82 Å². The number of nitrogens with one attached hydrogen (secondary N) is 1. The molecule has 0 fully saturated rings. The van der Waals surface area contributed by atoms with E-state index in [0.717, 1.165) is 38.3 Å². The summed E-state index contributed by atoms with van der Waals surface area (Å²) in [7, 11) is 2.02. The van der Waals surface area contributed by atoms with Gasteiger partial charge in [0.15, 0.2) is 0 Å². The highest BCUT2D eigenvalue weighted by atomic mass is 16.3. The molecule has 0 radical (unpaired) electrons. The van der Waals surface area contributed by atoms with E-state index in [0.29, 0.717) is 0 Å². The maximum Gasteiger partial charge on any atom is 0.132 e. The molecule has 0 aromatic carbocycles. The van der Waals surface area contributed by atoms with Gasteiger partial charge in [0.05, 0.1) is 6.10 Å². The van der Waals surface area contributed by atoms with Crippen molar-refractivity contribution in [2.45, 2.75) is 39.3 Å². The predicted molar refractivity (Wildman–Crippen MR) is 75.8 cm³/mol. The van der Waals surface area contributed by atoms with E-state index >= 15 is 0 Å². The van der Waals surface area contributed by atoms with Crippen molar-refractivity contribution in [2.24, 2.45) is 0 Å². The van der Waals surface area contributed by atoms with Crippen LogP contribution in [0.15, 0.2) is 18.3 Å². The molecule has 18 heavy (non-hydrogen) atoms. The highest BCUT2D eigenvalue weighted by Crippen LogP contribution is 2.16. The second-order valence-electron chi connectivity index (χ2n) is 4.72. The van der Waals surface area contributed by atoms with Gasteiger partial charge in [-0.15, -0.1) is 0 Å². The van der Waals surface area contributed by atoms with Gasteiger partial charge in [-0.2, -0.15) is 0 Å². The van der Waals surface area contributed by atoms with Gasteiger partial charge in [0, 0.05) is 31.9 Å². The fourth-order valence-corrected chi connectivity index (χ4v) is 1.80. The molecule has 0 aliphatic carbocycles. The Hall–Kier alpha value is -1.13. The maximum absolute atomic E-state index is 9.33. The minimum Gasteiger partial charge on any atom is -0.393 e. The number of hydrogen-bond donors (Lipinski definition) is 2. The maximum atomic E-state index is 9.33. The fourth-order valence-electron chi connectivity index (χ4n) is 1.80. The highest BCUT2D eigenvalue weighted by molar-refractivity contribution is 5.45. The van der Waals surface area contributed by atoms with Gasteiger partial charge >= 0.3 is 0 Å². The Morgan fingerprint density at radius 3 is 2.94 bits per heavy atom. The number of aliphatic hydroxyl groups excluding tert-OH is 1. The molecule has 4 nitrogen and oxygen atoms in total. The number of aliphatic hydroxyl groups is 1. The molecule has 1 aromatic heterocycles. The minimum absolute atomic E-state index is 0.266. The topological polar surface area (TPSA) is 48.4 Å². The van der Waals surface area contributed by atoms with Crippen LogP contribution in [-0.4, -0.2) is 36.3 Å². The SMILES string of the molecule is CCCNCc1cccnc1N(C)CCC(C)O. The first-order chi connectivity index (χ1) is 8.65. The Morgan fingerprint density at radius 2 is 2.28 bits per heavy atom. The van der Waals surface area contributed by atoms with Gasteiger partial charge in [-0.1, -0.05) is 13.0 Å². The lowest BCUT2D eigenvalue weighted by molar-refractivity contribution is 0.187. The van der Waals surface area contributed by atoms with Gasteiger partial charge in [-0.3, -0.25) is 0 Å². The van der Waals surface area contributed by atoms with Crippen molar-refractivity contribution in [3.8, 4) is 0 Å². The first kappa shape index (κ1) is 14.9. The molecule has 1 atom stereocenters. The van der Waals surface area contributed by atoms with Crippen molar-refractivity contribution in [1.82, 2.24) is 10.3 Å². The molecule has 102 valence electrons. The summed E-state index contributed by atoms with van der Waals surface area (Å²) in [4.78, 5) is 6.55. The first-order valence-electron chi connectivity index (χ1n) is 6.69. The van der Waals surface area contributed by atoms with Crippen LogP contribution in [0.3, 0.4) is 0 Å². The third kappa shape index (κ3) is 5.02. The van der Waals surface area contributed by atoms with Gasteiger partial charge in [0.2, 0.25) is 0 Å². The predicted octanol–water partition coefficient (Wildman–Crippen LogP) is 1.79. The lowest BCUT2D eigenvalue weighted by Crippen LogP contribution is -2.25. The van der Waals surface area contributed by atoms with Gasteiger partial charge in [-0.05, 0) is 32.4 Å². The van der Waals surface area contributed by atoms with Crippen molar-refractivity contribution < 1.29 is 5.11 Å². The highest BCUT2D eigenvalue weighted by Gasteiger charge is 2.09. The molecule has 0 spiro atoms. The van der Waals surface area contributed by atoms with Crippen molar-refractivity contribution in [3.63, 3.8) is 0 Å². The molecule has 1 unspecified atom stereocenters. The normalized spacial score (nSPS) is 12.4. The van der Waals surface area contributed by atoms with Crippen molar-refractivity contribution in [3.05, 3.63) is 23.9 Å². The van der Waals surface area contributed by atoms with Crippen LogP contribution in [0, 0.1) is 0 Å². The molecular formula is C14H25N3O. The molecule has 2 N–H and O–H groups in total. The largest absolute Gasteiger partial charge is 0.393 e. The third-order valence-electron chi connectivity index (χ3n) is 2.85. The van der Waals surface area contributed by atoms with Crippen LogP contribution in [-0.2, 0) is 6.54 Å². The second-order valence-corrected chi connectivity index (χ2v) is 4.72. The summed E-state index contributed by atoms with van der Waals surface area (Å²) in [5.41, 5.74) is 1.21. The zero-order chi connectivity index (χ0) is 13.4. The number of hydrogen-bond acceptors (Lipinski definition) is 4. The van der Waals surface area contributed by atoms with Crippen LogP contribution in [0.5, 0.6) is 0 Å². The Labute approximate surface area is 110 Å². The Morgan fingerprint density at radius 1 is 1.50 bits per heavy atom. The molecule has 4 heteroatoms. The Kier molecular flexibility index (Phi) is 6.68. The number of rotatable bonds is 8. The van der Waals surface area contributed by atoms with Crippen LogP contribution in [0.4, 0.5) is 5.82 Å². The van der Waals surface area contributed by atoms with E-state index in [1.165, 1.54) is 5.56 Å². The van der Waals surface area contributed by atoms with Crippen molar-refractivity contribution in [2.75, 3.05) is 25.0 Å². The van der Waals surface area contributed by atoms with Crippen LogP contribution >= 0.6 is 0 Å². The van der Waals surface area contributed by atoms with E-state index in [1.54, 1.807) is 0 Å². The molecule has 1 heterocycles. The fraction of sp³-hybridized carbons (Fsp3) is 0.643. The van der Waals surface area contributed by atoms with Crippen LogP contribution in [0.25, 0.3) is 0 Å². The smallest absolute Gasteiger partial charge is 0.132 e. The number of nitrogens with zero attached hydrogens (tertiary/aromatic N) is 2. The van der Waals surface area contributed by atoms with E-state index in [9.17, 15) is 5.11 Å². The van der Waals surface area contributed by atoms with Crippen LogP contribution < -0.4 is 10.2 Å². The minimum atomic E-state index is -0.266. The van der Waals surface area contributed by atoms with Crippen LogP contribution in [0.1, 0.15) is 32.3 Å². The standard InChI is InChI=1S/C14H25N3O/c1-4-8-15-11-13-6-5-9-16-14(13)17(3)10-7-12(2)18/h5-6,9,12,15,18H,4,7-8,10-11H2,1-3H3. The van der Waals surface area contributed by atoms with Crippen molar-refractivity contribution in [1.29, 1.82) is 0 Å². The lowest BCUT2D eigenvalue weighted by atomic mass is 10.2. The Balaban J connectivity index is 2.62. The summed E-state index contributed by atoms with van der Waals surface area (Å²) in [6.45, 7) is 6.65. The average molecular weight is 251 g/mol. The molecule has 0 amide bonds. The lowest BCUT2D eigenvalue weighted by Gasteiger charge is -2.21. The molecular weight excluding hydrogens is 226 g/mol. The summed E-state index contributed by atoms with van der Waals surface area (Å²) in [5, 5.41) is 12.7. The molecule has 0 aliphatic rings. The Bertz CT molecular complexity index is 342. The summed E-state index contributed by atoms with van der Waals surface area (Å²) >= 11 is 0. The molecule has 0 saturated heterocycles. The summed E-state index contributed by atoms with van der Waals surface area (Å²) in [6, 6.07) is 4.07. The summed E-state index contributed by atoms with van der Waals surface area (Å²) < 4.78 is 0. The van der Waals surface area contributed by atoms with Gasteiger partial charge in [-0.25, -0.2) is 4.98 Å². The molecule has 0 aliphatic heterocycles. The molecule has 1 aromatic rings. The summed E-state index contributed by atoms with van der Waals surface area (Å²) in [5.74, 6) is 1.00. The van der Waals surface area contributed by atoms with Crippen molar-refractivity contribution >= 4 is 5.82 Å². The second kappa shape index (κ2) is 8.06. The number of aromatic nitrogens is 1. The van der Waals surface area contributed by atoms with E-state index in [2.05, 4.69) is 28.2 Å². The quantitative estimate of drug-likeness (QED) is 0.692. The molecule has 0 bridgehead atoms. The van der Waals surface area contributed by atoms with Crippen LogP contribution in [0.2, 0.25) is 0 Å². The average Bonchev–Trinajstić information content (AvgIpc) is 2.37. The molecule has 1 rings (SSSR count). The van der Waals surface area contributed by atoms with Gasteiger partial charge in [0.25, 0.3) is 0 Å². The van der Waals surface area contributed by atoms with E-state index < -0.39 is 0 Å². The zero-order valence-electron chi connectivity index (χ0n) is 11.7. The third-order valence-corrected chi connectivity index (χ3v) is 2.85. The van der Waals surface area contributed by atoms with E-state index in [-0.39, 0.29) is 6.10 Å². The molecule has 0 saturated carbocycles. The van der Waals surface area contributed by atoms with E-state index in [4.69, 9.17) is 0 Å². The first-order valence-corrected chi connectivity index (χ1v) is 6.69. The monoisotopic (exact) mass is 251 g/mol. The van der Waals surface area contributed by atoms with Gasteiger partial charge < -0.3 is 15.3 Å². The zero-order valence-corrected chi connectivity index (χ0v) is 11.7. The van der Waals surface area contributed by atoms with E-state index in [1.807, 2.05) is 26.2 Å². The number of anilines is 1.